The first-order valence-corrected chi connectivity index (χ1v) is 8.95. The Balaban J connectivity index is 0.00000364. The number of halogens is 1. The minimum atomic E-state index is -0.510. The SMILES string of the molecule is COC(=O)CNC(=O)c1ccc(NC(=O)CC(C)C2CCCNC2)cc1.Cl. The maximum atomic E-state index is 12.2. The van der Waals surface area contributed by atoms with Crippen molar-refractivity contribution in [1.82, 2.24) is 10.6 Å². The molecule has 150 valence electrons. The summed E-state index contributed by atoms with van der Waals surface area (Å²) in [6.07, 6.45) is 2.81. The molecule has 1 aliphatic heterocycles. The second kappa shape index (κ2) is 11.6. The smallest absolute Gasteiger partial charge is 0.325 e. The fraction of sp³-hybridized carbons (Fsp3) is 0.526. The third-order valence-corrected chi connectivity index (χ3v) is 4.70. The maximum absolute atomic E-state index is 12.2. The van der Waals surface area contributed by atoms with Crippen LogP contribution < -0.4 is 16.0 Å². The summed E-state index contributed by atoms with van der Waals surface area (Å²) in [4.78, 5) is 35.2. The molecule has 7 nitrogen and oxygen atoms in total. The number of carbonyl (C=O) groups is 3. The van der Waals surface area contributed by atoms with Gasteiger partial charge in [-0.15, -0.1) is 12.4 Å². The van der Waals surface area contributed by atoms with Gasteiger partial charge in [-0.3, -0.25) is 14.4 Å². The number of rotatable bonds is 7. The highest BCUT2D eigenvalue weighted by molar-refractivity contribution is 5.97. The van der Waals surface area contributed by atoms with Crippen molar-refractivity contribution < 1.29 is 19.1 Å². The van der Waals surface area contributed by atoms with E-state index in [2.05, 4.69) is 27.6 Å². The van der Waals surface area contributed by atoms with Crippen LogP contribution in [-0.4, -0.2) is 44.5 Å². The standard InChI is InChI=1S/C19H27N3O4.ClH/c1-13(15-4-3-9-20-11-15)10-17(23)22-16-7-5-14(6-8-16)19(25)21-12-18(24)26-2;/h5-8,13,15,20H,3-4,9-12H2,1-2H3,(H,21,25)(H,22,23);1H. The second-order valence-corrected chi connectivity index (χ2v) is 6.67. The number of hydrogen-bond acceptors (Lipinski definition) is 5. The highest BCUT2D eigenvalue weighted by Gasteiger charge is 2.22. The zero-order valence-electron chi connectivity index (χ0n) is 15.7. The number of benzene rings is 1. The van der Waals surface area contributed by atoms with Crippen molar-refractivity contribution in [2.24, 2.45) is 11.8 Å². The average Bonchev–Trinajstić information content (AvgIpc) is 2.66. The summed E-state index contributed by atoms with van der Waals surface area (Å²) in [6, 6.07) is 6.57. The van der Waals surface area contributed by atoms with E-state index in [0.29, 0.717) is 29.5 Å². The van der Waals surface area contributed by atoms with Gasteiger partial charge in [0.25, 0.3) is 5.91 Å². The lowest BCUT2D eigenvalue weighted by Crippen LogP contribution is -2.34. The number of amides is 2. The van der Waals surface area contributed by atoms with Crippen LogP contribution in [0.25, 0.3) is 0 Å². The number of methoxy groups -OCH3 is 1. The monoisotopic (exact) mass is 397 g/mol. The predicted molar refractivity (Wildman–Crippen MR) is 106 cm³/mol. The summed E-state index contributed by atoms with van der Waals surface area (Å²) in [7, 11) is 1.26. The number of piperidine rings is 1. The van der Waals surface area contributed by atoms with E-state index in [9.17, 15) is 14.4 Å². The molecule has 0 radical (unpaired) electrons. The van der Waals surface area contributed by atoms with Crippen LogP contribution in [-0.2, 0) is 14.3 Å². The van der Waals surface area contributed by atoms with Gasteiger partial charge in [-0.2, -0.15) is 0 Å². The molecule has 0 aliphatic carbocycles. The maximum Gasteiger partial charge on any atom is 0.325 e. The summed E-state index contributed by atoms with van der Waals surface area (Å²) in [5.41, 5.74) is 1.06. The van der Waals surface area contributed by atoms with E-state index in [4.69, 9.17) is 0 Å². The van der Waals surface area contributed by atoms with Crippen LogP contribution >= 0.6 is 12.4 Å². The zero-order valence-corrected chi connectivity index (χ0v) is 16.6. The van der Waals surface area contributed by atoms with Crippen LogP contribution in [0.3, 0.4) is 0 Å². The van der Waals surface area contributed by atoms with Gasteiger partial charge >= 0.3 is 5.97 Å². The molecule has 2 amide bonds. The van der Waals surface area contributed by atoms with Crippen LogP contribution in [0.1, 0.15) is 36.5 Å². The van der Waals surface area contributed by atoms with Crippen LogP contribution in [0, 0.1) is 11.8 Å². The zero-order chi connectivity index (χ0) is 18.9. The Hall–Kier alpha value is -2.12. The molecule has 0 aromatic heterocycles. The van der Waals surface area contributed by atoms with E-state index in [-0.39, 0.29) is 30.8 Å². The molecule has 0 saturated carbocycles. The molecule has 2 rings (SSSR count). The normalized spacial score (nSPS) is 17.2. The first-order chi connectivity index (χ1) is 12.5. The first kappa shape index (κ1) is 22.9. The van der Waals surface area contributed by atoms with Gasteiger partial charge in [0.15, 0.2) is 0 Å². The van der Waals surface area contributed by atoms with Crippen LogP contribution in [0.4, 0.5) is 5.69 Å². The van der Waals surface area contributed by atoms with Crippen molar-refractivity contribution in [3.63, 3.8) is 0 Å². The Morgan fingerprint density at radius 2 is 1.96 bits per heavy atom. The third kappa shape index (κ3) is 7.56. The van der Waals surface area contributed by atoms with Gasteiger partial charge in [-0.1, -0.05) is 6.92 Å². The van der Waals surface area contributed by atoms with Gasteiger partial charge in [0, 0.05) is 17.7 Å². The van der Waals surface area contributed by atoms with E-state index in [0.717, 1.165) is 25.9 Å². The molecule has 0 spiro atoms. The molecule has 3 N–H and O–H groups in total. The Labute approximate surface area is 166 Å². The van der Waals surface area contributed by atoms with Crippen molar-refractivity contribution in [3.05, 3.63) is 29.8 Å². The summed E-state index contributed by atoms with van der Waals surface area (Å²) in [6.45, 7) is 3.98. The van der Waals surface area contributed by atoms with Crippen molar-refractivity contribution in [1.29, 1.82) is 0 Å². The fourth-order valence-corrected chi connectivity index (χ4v) is 3.07. The summed E-state index contributed by atoms with van der Waals surface area (Å²) in [5.74, 6) is -0.0382. The van der Waals surface area contributed by atoms with Gasteiger partial charge in [-0.25, -0.2) is 0 Å². The van der Waals surface area contributed by atoms with E-state index >= 15 is 0 Å². The summed E-state index contributed by atoms with van der Waals surface area (Å²) in [5, 5.41) is 8.72. The number of carbonyl (C=O) groups excluding carboxylic acids is 3. The number of hydrogen-bond donors (Lipinski definition) is 3. The molecule has 1 aromatic carbocycles. The molecule has 1 fully saturated rings. The molecule has 1 heterocycles. The second-order valence-electron chi connectivity index (χ2n) is 6.67. The van der Waals surface area contributed by atoms with Gasteiger partial charge in [0.2, 0.25) is 5.91 Å². The Kier molecular flexibility index (Phi) is 9.82. The molecule has 1 saturated heterocycles. The van der Waals surface area contributed by atoms with Crippen LogP contribution in [0.5, 0.6) is 0 Å². The van der Waals surface area contributed by atoms with E-state index in [1.54, 1.807) is 24.3 Å². The molecule has 1 aliphatic rings. The lowest BCUT2D eigenvalue weighted by molar-refractivity contribution is -0.139. The lowest BCUT2D eigenvalue weighted by atomic mass is 9.85. The minimum absolute atomic E-state index is 0. The Morgan fingerprint density at radius 1 is 1.26 bits per heavy atom. The molecule has 8 heteroatoms. The average molecular weight is 398 g/mol. The van der Waals surface area contributed by atoms with Crippen molar-refractivity contribution in [3.8, 4) is 0 Å². The van der Waals surface area contributed by atoms with Crippen molar-refractivity contribution in [2.75, 3.05) is 32.1 Å². The van der Waals surface area contributed by atoms with Gasteiger partial charge in [0.05, 0.1) is 7.11 Å². The molecular formula is C19H28ClN3O4. The van der Waals surface area contributed by atoms with Gasteiger partial charge in [-0.05, 0) is 62.0 Å². The topological polar surface area (TPSA) is 96.5 Å². The summed E-state index contributed by atoms with van der Waals surface area (Å²) >= 11 is 0. The summed E-state index contributed by atoms with van der Waals surface area (Å²) < 4.78 is 4.47. The molecule has 2 unspecified atom stereocenters. The third-order valence-electron chi connectivity index (χ3n) is 4.70. The highest BCUT2D eigenvalue weighted by atomic mass is 35.5. The van der Waals surface area contributed by atoms with Crippen LogP contribution in [0.2, 0.25) is 0 Å². The molecular weight excluding hydrogens is 370 g/mol. The van der Waals surface area contributed by atoms with Gasteiger partial charge in [0.1, 0.15) is 6.54 Å². The fourth-order valence-electron chi connectivity index (χ4n) is 3.07. The number of anilines is 1. The van der Waals surface area contributed by atoms with Gasteiger partial charge < -0.3 is 20.7 Å². The Morgan fingerprint density at radius 3 is 2.56 bits per heavy atom. The lowest BCUT2D eigenvalue weighted by Gasteiger charge is -2.28. The molecule has 1 aromatic rings. The number of esters is 1. The quantitative estimate of drug-likeness (QED) is 0.611. The molecule has 2 atom stereocenters. The largest absolute Gasteiger partial charge is 0.468 e. The van der Waals surface area contributed by atoms with Crippen LogP contribution in [0.15, 0.2) is 24.3 Å². The van der Waals surface area contributed by atoms with Crippen molar-refractivity contribution >= 4 is 35.9 Å². The Bertz CT molecular complexity index is 630. The first-order valence-electron chi connectivity index (χ1n) is 8.95. The van der Waals surface area contributed by atoms with Crippen molar-refractivity contribution in [2.45, 2.75) is 26.2 Å². The van der Waals surface area contributed by atoms with E-state index in [1.807, 2.05) is 0 Å². The minimum Gasteiger partial charge on any atom is -0.468 e. The molecule has 27 heavy (non-hydrogen) atoms. The number of ether oxygens (including phenoxy) is 1. The van der Waals surface area contributed by atoms with E-state index < -0.39 is 5.97 Å². The number of nitrogens with one attached hydrogen (secondary N) is 3. The molecule has 0 bridgehead atoms. The van der Waals surface area contributed by atoms with E-state index in [1.165, 1.54) is 7.11 Å². The predicted octanol–water partition coefficient (Wildman–Crippen LogP) is 1.98. The highest BCUT2D eigenvalue weighted by Crippen LogP contribution is 2.23.